The standard InChI is InChI=1S/C21H28N4O/c1-14(2)17-9-5-6-10-18(17)24-21(26)19-12-20(23-16(4)22-19)25-11-7-8-15(3)13-25/h5-6,9-10,12,14-15H,7-8,11,13H2,1-4H3,(H,24,26). The fourth-order valence-corrected chi connectivity index (χ4v) is 3.53. The van der Waals surface area contributed by atoms with Gasteiger partial charge in [0.05, 0.1) is 0 Å². The van der Waals surface area contributed by atoms with Crippen LogP contribution < -0.4 is 10.2 Å². The van der Waals surface area contributed by atoms with Crippen molar-refractivity contribution in [3.63, 3.8) is 0 Å². The van der Waals surface area contributed by atoms with Gasteiger partial charge in [-0.1, -0.05) is 39.0 Å². The molecule has 0 saturated carbocycles. The van der Waals surface area contributed by atoms with E-state index in [1.165, 1.54) is 6.42 Å². The highest BCUT2D eigenvalue weighted by Gasteiger charge is 2.20. The minimum Gasteiger partial charge on any atom is -0.356 e. The summed E-state index contributed by atoms with van der Waals surface area (Å²) in [6, 6.07) is 9.74. The molecule has 2 heterocycles. The lowest BCUT2D eigenvalue weighted by atomic mass is 10.0. The molecule has 1 atom stereocenters. The second-order valence-corrected chi connectivity index (χ2v) is 7.55. The maximum absolute atomic E-state index is 12.8. The predicted molar refractivity (Wildman–Crippen MR) is 106 cm³/mol. The quantitative estimate of drug-likeness (QED) is 0.886. The molecule has 3 rings (SSSR count). The van der Waals surface area contributed by atoms with Gasteiger partial charge in [0.1, 0.15) is 17.3 Å². The van der Waals surface area contributed by atoms with E-state index < -0.39 is 0 Å². The maximum atomic E-state index is 12.8. The highest BCUT2D eigenvalue weighted by atomic mass is 16.1. The molecule has 1 unspecified atom stereocenters. The summed E-state index contributed by atoms with van der Waals surface area (Å²) in [7, 11) is 0. The highest BCUT2D eigenvalue weighted by Crippen LogP contribution is 2.25. The number of aromatic nitrogens is 2. The van der Waals surface area contributed by atoms with Gasteiger partial charge in [-0.15, -0.1) is 0 Å². The molecule has 1 saturated heterocycles. The normalized spacial score (nSPS) is 17.4. The number of nitrogens with one attached hydrogen (secondary N) is 1. The molecular formula is C21H28N4O. The third-order valence-electron chi connectivity index (χ3n) is 4.87. The maximum Gasteiger partial charge on any atom is 0.274 e. The summed E-state index contributed by atoms with van der Waals surface area (Å²) >= 11 is 0. The molecule has 1 aliphatic heterocycles. The van der Waals surface area contributed by atoms with Crippen LogP contribution in [0.5, 0.6) is 0 Å². The molecule has 5 heteroatoms. The largest absolute Gasteiger partial charge is 0.356 e. The van der Waals surface area contributed by atoms with Crippen molar-refractivity contribution in [1.82, 2.24) is 9.97 Å². The zero-order chi connectivity index (χ0) is 18.7. The molecule has 0 bridgehead atoms. The van der Waals surface area contributed by atoms with Crippen LogP contribution in [-0.2, 0) is 0 Å². The van der Waals surface area contributed by atoms with Gasteiger partial charge in [0, 0.05) is 24.8 Å². The van der Waals surface area contributed by atoms with Gasteiger partial charge >= 0.3 is 0 Å². The SMILES string of the molecule is Cc1nc(C(=O)Nc2ccccc2C(C)C)cc(N2CCCC(C)C2)n1. The summed E-state index contributed by atoms with van der Waals surface area (Å²) in [5.41, 5.74) is 2.39. The van der Waals surface area contributed by atoms with Gasteiger partial charge in [-0.25, -0.2) is 9.97 Å². The van der Waals surface area contributed by atoms with Gasteiger partial charge in [0.15, 0.2) is 0 Å². The number of carbonyl (C=O) groups is 1. The lowest BCUT2D eigenvalue weighted by molar-refractivity contribution is 0.102. The number of piperidine rings is 1. The lowest BCUT2D eigenvalue weighted by Crippen LogP contribution is -2.35. The highest BCUT2D eigenvalue weighted by molar-refractivity contribution is 6.03. The van der Waals surface area contributed by atoms with Crippen LogP contribution in [0.1, 0.15) is 61.4 Å². The third-order valence-corrected chi connectivity index (χ3v) is 4.87. The fraction of sp³-hybridized carbons (Fsp3) is 0.476. The first-order valence-corrected chi connectivity index (χ1v) is 9.45. The van der Waals surface area contributed by atoms with Crippen LogP contribution in [0.4, 0.5) is 11.5 Å². The van der Waals surface area contributed by atoms with Crippen LogP contribution in [0.25, 0.3) is 0 Å². The zero-order valence-electron chi connectivity index (χ0n) is 16.1. The summed E-state index contributed by atoms with van der Waals surface area (Å²) in [6.07, 6.45) is 2.41. The molecule has 0 radical (unpaired) electrons. The predicted octanol–water partition coefficient (Wildman–Crippen LogP) is 4.40. The van der Waals surface area contributed by atoms with Gasteiger partial charge in [-0.3, -0.25) is 4.79 Å². The Morgan fingerprint density at radius 2 is 2.04 bits per heavy atom. The van der Waals surface area contributed by atoms with E-state index in [0.717, 1.165) is 36.6 Å². The zero-order valence-corrected chi connectivity index (χ0v) is 16.1. The monoisotopic (exact) mass is 352 g/mol. The summed E-state index contributed by atoms with van der Waals surface area (Å²) in [6.45, 7) is 10.3. The molecule has 1 fully saturated rings. The van der Waals surface area contributed by atoms with Crippen LogP contribution in [-0.4, -0.2) is 29.0 Å². The fourth-order valence-electron chi connectivity index (χ4n) is 3.53. The van der Waals surface area contributed by atoms with Crippen molar-refractivity contribution in [1.29, 1.82) is 0 Å². The Kier molecular flexibility index (Phi) is 5.55. The van der Waals surface area contributed by atoms with Crippen molar-refractivity contribution in [3.8, 4) is 0 Å². The average molecular weight is 352 g/mol. The van der Waals surface area contributed by atoms with Gasteiger partial charge in [-0.05, 0) is 43.2 Å². The Morgan fingerprint density at radius 3 is 2.77 bits per heavy atom. The molecule has 0 aliphatic carbocycles. The van der Waals surface area contributed by atoms with Crippen molar-refractivity contribution in [2.24, 2.45) is 5.92 Å². The minimum atomic E-state index is -0.185. The van der Waals surface area contributed by atoms with Crippen molar-refractivity contribution >= 4 is 17.4 Å². The molecule has 1 amide bonds. The van der Waals surface area contributed by atoms with Gasteiger partial charge in [-0.2, -0.15) is 0 Å². The second-order valence-electron chi connectivity index (χ2n) is 7.55. The summed E-state index contributed by atoms with van der Waals surface area (Å²) < 4.78 is 0. The molecular weight excluding hydrogens is 324 g/mol. The first kappa shape index (κ1) is 18.4. The van der Waals surface area contributed by atoms with Crippen LogP contribution in [0.15, 0.2) is 30.3 Å². The number of aryl methyl sites for hydroxylation is 1. The van der Waals surface area contributed by atoms with Crippen LogP contribution in [0.2, 0.25) is 0 Å². The van der Waals surface area contributed by atoms with Crippen LogP contribution >= 0.6 is 0 Å². The molecule has 138 valence electrons. The van der Waals surface area contributed by atoms with Crippen molar-refractivity contribution in [2.45, 2.75) is 46.5 Å². The number of rotatable bonds is 4. The Hall–Kier alpha value is -2.43. The lowest BCUT2D eigenvalue weighted by Gasteiger charge is -2.32. The number of hydrogen-bond donors (Lipinski definition) is 1. The smallest absolute Gasteiger partial charge is 0.274 e. The number of benzene rings is 1. The number of anilines is 2. The number of nitrogens with zero attached hydrogens (tertiary/aromatic N) is 3. The van der Waals surface area contributed by atoms with Crippen LogP contribution in [0, 0.1) is 12.8 Å². The molecule has 1 aromatic carbocycles. The van der Waals surface area contributed by atoms with Crippen molar-refractivity contribution < 1.29 is 4.79 Å². The van der Waals surface area contributed by atoms with E-state index in [0.29, 0.717) is 23.4 Å². The molecule has 0 spiro atoms. The molecule has 1 N–H and O–H groups in total. The number of amides is 1. The molecule has 26 heavy (non-hydrogen) atoms. The van der Waals surface area contributed by atoms with E-state index in [1.54, 1.807) is 0 Å². The Balaban J connectivity index is 1.84. The molecule has 1 aliphatic rings. The first-order valence-electron chi connectivity index (χ1n) is 9.45. The third kappa shape index (κ3) is 4.21. The Bertz CT molecular complexity index is 787. The van der Waals surface area contributed by atoms with Crippen molar-refractivity contribution in [2.75, 3.05) is 23.3 Å². The van der Waals surface area contributed by atoms with E-state index >= 15 is 0 Å². The number of para-hydroxylation sites is 1. The number of carbonyl (C=O) groups excluding carboxylic acids is 1. The minimum absolute atomic E-state index is 0.185. The Morgan fingerprint density at radius 1 is 1.27 bits per heavy atom. The van der Waals surface area contributed by atoms with Gasteiger partial charge in [0.25, 0.3) is 5.91 Å². The second kappa shape index (κ2) is 7.85. The average Bonchev–Trinajstić information content (AvgIpc) is 2.61. The van der Waals surface area contributed by atoms with E-state index in [1.807, 2.05) is 37.3 Å². The molecule has 5 nitrogen and oxygen atoms in total. The van der Waals surface area contributed by atoms with Gasteiger partial charge < -0.3 is 10.2 Å². The van der Waals surface area contributed by atoms with E-state index in [9.17, 15) is 4.79 Å². The topological polar surface area (TPSA) is 58.1 Å². The molecule has 2 aromatic rings. The summed E-state index contributed by atoms with van der Waals surface area (Å²) in [5.74, 6) is 2.28. The first-order chi connectivity index (χ1) is 12.4. The Labute approximate surface area is 155 Å². The van der Waals surface area contributed by atoms with E-state index in [2.05, 4.69) is 41.0 Å². The van der Waals surface area contributed by atoms with Gasteiger partial charge in [0.2, 0.25) is 0 Å². The number of hydrogen-bond acceptors (Lipinski definition) is 4. The van der Waals surface area contributed by atoms with E-state index in [4.69, 9.17) is 0 Å². The summed E-state index contributed by atoms with van der Waals surface area (Å²) in [5, 5.41) is 3.03. The van der Waals surface area contributed by atoms with E-state index in [-0.39, 0.29) is 5.91 Å². The van der Waals surface area contributed by atoms with Crippen molar-refractivity contribution in [3.05, 3.63) is 47.4 Å². The van der Waals surface area contributed by atoms with Crippen LogP contribution in [0.3, 0.4) is 0 Å². The molecule has 1 aromatic heterocycles. The summed E-state index contributed by atoms with van der Waals surface area (Å²) in [4.78, 5) is 24.0.